The Morgan fingerprint density at radius 3 is 3.00 bits per heavy atom. The van der Waals surface area contributed by atoms with Crippen LogP contribution < -0.4 is 5.32 Å². The molecule has 1 saturated heterocycles. The maximum atomic E-state index is 5.85. The molecule has 1 aliphatic heterocycles. The van der Waals surface area contributed by atoms with E-state index in [2.05, 4.69) is 27.1 Å². The highest BCUT2D eigenvalue weighted by atomic mass is 16.5. The van der Waals surface area contributed by atoms with E-state index in [9.17, 15) is 0 Å². The molecular formula is C14H24N4O. The standard InChI is InChI=1S/C14H24N4O/c1-3-7-19-13-5-4-6-18(11-13)10-12-8-17-14(15-2)9-16-12/h8-9,13H,3-7,10-11H2,1-2H3,(H,15,17). The zero-order valence-electron chi connectivity index (χ0n) is 11.9. The lowest BCUT2D eigenvalue weighted by atomic mass is 10.1. The summed E-state index contributed by atoms with van der Waals surface area (Å²) in [6.07, 6.45) is 7.50. The van der Waals surface area contributed by atoms with Gasteiger partial charge in [-0.3, -0.25) is 9.88 Å². The van der Waals surface area contributed by atoms with Gasteiger partial charge in [-0.2, -0.15) is 0 Å². The van der Waals surface area contributed by atoms with Crippen molar-refractivity contribution >= 4 is 5.82 Å². The van der Waals surface area contributed by atoms with Crippen LogP contribution in [-0.4, -0.2) is 47.7 Å². The highest BCUT2D eigenvalue weighted by Crippen LogP contribution is 2.15. The van der Waals surface area contributed by atoms with E-state index in [0.29, 0.717) is 6.10 Å². The minimum Gasteiger partial charge on any atom is -0.377 e. The average Bonchev–Trinajstić information content (AvgIpc) is 2.46. The van der Waals surface area contributed by atoms with E-state index >= 15 is 0 Å². The molecule has 5 nitrogen and oxygen atoms in total. The topological polar surface area (TPSA) is 50.3 Å². The summed E-state index contributed by atoms with van der Waals surface area (Å²) in [6.45, 7) is 6.02. The summed E-state index contributed by atoms with van der Waals surface area (Å²) in [5, 5.41) is 2.98. The Morgan fingerprint density at radius 2 is 2.32 bits per heavy atom. The molecule has 2 rings (SSSR count). The minimum absolute atomic E-state index is 0.387. The predicted molar refractivity (Wildman–Crippen MR) is 76.1 cm³/mol. The molecule has 19 heavy (non-hydrogen) atoms. The Hall–Kier alpha value is -1.20. The maximum Gasteiger partial charge on any atom is 0.144 e. The molecule has 0 aromatic carbocycles. The van der Waals surface area contributed by atoms with Crippen LogP contribution >= 0.6 is 0 Å². The van der Waals surface area contributed by atoms with Gasteiger partial charge in [0.25, 0.3) is 0 Å². The van der Waals surface area contributed by atoms with Gasteiger partial charge in [0.15, 0.2) is 0 Å². The van der Waals surface area contributed by atoms with E-state index in [1.165, 1.54) is 12.8 Å². The van der Waals surface area contributed by atoms with Crippen LogP contribution in [0.4, 0.5) is 5.82 Å². The molecule has 0 radical (unpaired) electrons. The van der Waals surface area contributed by atoms with Crippen molar-refractivity contribution in [2.45, 2.75) is 38.8 Å². The summed E-state index contributed by atoms with van der Waals surface area (Å²) >= 11 is 0. The van der Waals surface area contributed by atoms with Gasteiger partial charge in [0.2, 0.25) is 0 Å². The first-order valence-corrected chi connectivity index (χ1v) is 7.14. The van der Waals surface area contributed by atoms with Crippen LogP contribution in [0.5, 0.6) is 0 Å². The number of likely N-dealkylation sites (tertiary alicyclic amines) is 1. The van der Waals surface area contributed by atoms with Crippen molar-refractivity contribution < 1.29 is 4.74 Å². The van der Waals surface area contributed by atoms with Crippen LogP contribution in [0.2, 0.25) is 0 Å². The van der Waals surface area contributed by atoms with Gasteiger partial charge in [-0.15, -0.1) is 0 Å². The van der Waals surface area contributed by atoms with Gasteiger partial charge in [-0.1, -0.05) is 6.92 Å². The van der Waals surface area contributed by atoms with Gasteiger partial charge < -0.3 is 10.1 Å². The summed E-state index contributed by atoms with van der Waals surface area (Å²) < 4.78 is 5.85. The van der Waals surface area contributed by atoms with E-state index in [0.717, 1.165) is 44.2 Å². The van der Waals surface area contributed by atoms with E-state index < -0.39 is 0 Å². The number of nitrogens with one attached hydrogen (secondary N) is 1. The SMILES string of the molecule is CCCOC1CCCN(Cc2cnc(NC)cn2)C1. The third kappa shape index (κ3) is 4.44. The average molecular weight is 264 g/mol. The number of anilines is 1. The lowest BCUT2D eigenvalue weighted by Crippen LogP contribution is -2.39. The zero-order chi connectivity index (χ0) is 13.5. The minimum atomic E-state index is 0.387. The van der Waals surface area contributed by atoms with E-state index in [-0.39, 0.29) is 0 Å². The fourth-order valence-corrected chi connectivity index (χ4v) is 2.37. The Morgan fingerprint density at radius 1 is 1.42 bits per heavy atom. The van der Waals surface area contributed by atoms with Crippen LogP contribution in [0.3, 0.4) is 0 Å². The molecule has 1 aliphatic rings. The number of hydrogen-bond donors (Lipinski definition) is 1. The molecule has 106 valence electrons. The summed E-state index contributed by atoms with van der Waals surface area (Å²) in [6, 6.07) is 0. The van der Waals surface area contributed by atoms with Crippen molar-refractivity contribution in [3.8, 4) is 0 Å². The number of piperidine rings is 1. The first kappa shape index (κ1) is 14.2. The van der Waals surface area contributed by atoms with E-state index in [1.807, 2.05) is 13.2 Å². The van der Waals surface area contributed by atoms with Gasteiger partial charge >= 0.3 is 0 Å². The fourth-order valence-electron chi connectivity index (χ4n) is 2.37. The van der Waals surface area contributed by atoms with Crippen molar-refractivity contribution in [1.82, 2.24) is 14.9 Å². The Labute approximate surface area is 115 Å². The predicted octanol–water partition coefficient (Wildman–Crippen LogP) is 1.91. The summed E-state index contributed by atoms with van der Waals surface area (Å²) in [4.78, 5) is 11.1. The number of nitrogens with zero attached hydrogens (tertiary/aromatic N) is 3. The Balaban J connectivity index is 1.83. The highest BCUT2D eigenvalue weighted by Gasteiger charge is 2.20. The Bertz CT molecular complexity index is 368. The molecule has 0 spiro atoms. The molecule has 1 N–H and O–H groups in total. The molecule has 0 amide bonds. The third-order valence-corrected chi connectivity index (χ3v) is 3.37. The number of aromatic nitrogens is 2. The molecule has 0 bridgehead atoms. The molecule has 2 heterocycles. The molecule has 1 unspecified atom stereocenters. The molecule has 5 heteroatoms. The number of hydrogen-bond acceptors (Lipinski definition) is 5. The lowest BCUT2D eigenvalue weighted by Gasteiger charge is -2.32. The molecular weight excluding hydrogens is 240 g/mol. The van der Waals surface area contributed by atoms with Gasteiger partial charge in [-0.25, -0.2) is 4.98 Å². The van der Waals surface area contributed by atoms with Crippen LogP contribution in [-0.2, 0) is 11.3 Å². The van der Waals surface area contributed by atoms with Crippen molar-refractivity contribution in [3.63, 3.8) is 0 Å². The third-order valence-electron chi connectivity index (χ3n) is 3.37. The monoisotopic (exact) mass is 264 g/mol. The van der Waals surface area contributed by atoms with Gasteiger partial charge in [0.05, 0.1) is 24.2 Å². The molecule has 0 aliphatic carbocycles. The van der Waals surface area contributed by atoms with Crippen LogP contribution in [0, 0.1) is 0 Å². The number of ether oxygens (including phenoxy) is 1. The first-order chi connectivity index (χ1) is 9.31. The second kappa shape index (κ2) is 7.40. The Kier molecular flexibility index (Phi) is 5.54. The van der Waals surface area contributed by atoms with Crippen molar-refractivity contribution in [3.05, 3.63) is 18.1 Å². The molecule has 1 fully saturated rings. The highest BCUT2D eigenvalue weighted by molar-refractivity contribution is 5.29. The molecule has 1 atom stereocenters. The van der Waals surface area contributed by atoms with Crippen molar-refractivity contribution in [2.24, 2.45) is 0 Å². The quantitative estimate of drug-likeness (QED) is 0.850. The second-order valence-corrected chi connectivity index (χ2v) is 5.01. The molecule has 0 saturated carbocycles. The van der Waals surface area contributed by atoms with Crippen LogP contribution in [0.15, 0.2) is 12.4 Å². The van der Waals surface area contributed by atoms with Crippen LogP contribution in [0.1, 0.15) is 31.9 Å². The summed E-state index contributed by atoms with van der Waals surface area (Å²) in [5.41, 5.74) is 1.02. The van der Waals surface area contributed by atoms with Gasteiger partial charge in [0, 0.05) is 26.7 Å². The fraction of sp³-hybridized carbons (Fsp3) is 0.714. The second-order valence-electron chi connectivity index (χ2n) is 5.01. The van der Waals surface area contributed by atoms with E-state index in [4.69, 9.17) is 4.74 Å². The van der Waals surface area contributed by atoms with Gasteiger partial charge in [0.1, 0.15) is 5.82 Å². The zero-order valence-corrected chi connectivity index (χ0v) is 11.9. The first-order valence-electron chi connectivity index (χ1n) is 7.14. The van der Waals surface area contributed by atoms with Crippen molar-refractivity contribution in [2.75, 3.05) is 32.1 Å². The smallest absolute Gasteiger partial charge is 0.144 e. The van der Waals surface area contributed by atoms with Gasteiger partial charge in [-0.05, 0) is 25.8 Å². The lowest BCUT2D eigenvalue weighted by molar-refractivity contribution is -0.00254. The summed E-state index contributed by atoms with van der Waals surface area (Å²) in [7, 11) is 1.85. The molecule has 1 aromatic rings. The summed E-state index contributed by atoms with van der Waals surface area (Å²) in [5.74, 6) is 0.812. The number of rotatable bonds is 6. The van der Waals surface area contributed by atoms with Crippen LogP contribution in [0.25, 0.3) is 0 Å². The van der Waals surface area contributed by atoms with E-state index in [1.54, 1.807) is 6.20 Å². The normalized spacial score (nSPS) is 20.4. The van der Waals surface area contributed by atoms with Crippen molar-refractivity contribution in [1.29, 1.82) is 0 Å². The molecule has 1 aromatic heterocycles. The largest absolute Gasteiger partial charge is 0.377 e. The maximum absolute atomic E-state index is 5.85.